The van der Waals surface area contributed by atoms with Crippen LogP contribution in [-0.4, -0.2) is 42.0 Å². The molecule has 0 atom stereocenters. The van der Waals surface area contributed by atoms with Crippen molar-refractivity contribution in [2.24, 2.45) is 0 Å². The predicted molar refractivity (Wildman–Crippen MR) is 80.8 cm³/mol. The maximum Gasteiger partial charge on any atom is 0.137 e. The minimum Gasteiger partial charge on any atom is -0.298 e. The minimum atomic E-state index is -0.165. The highest BCUT2D eigenvalue weighted by Crippen LogP contribution is 2.22. The van der Waals surface area contributed by atoms with Crippen molar-refractivity contribution in [3.05, 3.63) is 33.5 Å². The fourth-order valence-electron chi connectivity index (χ4n) is 2.54. The molecular formula is C15H22BrFN2. The number of hydrogen-bond donors (Lipinski definition) is 0. The molecule has 106 valence electrons. The van der Waals surface area contributed by atoms with Gasteiger partial charge in [-0.25, -0.2) is 4.39 Å². The van der Waals surface area contributed by atoms with E-state index in [1.807, 2.05) is 13.0 Å². The van der Waals surface area contributed by atoms with E-state index in [0.717, 1.165) is 43.9 Å². The van der Waals surface area contributed by atoms with Gasteiger partial charge in [0.1, 0.15) is 5.82 Å². The van der Waals surface area contributed by atoms with E-state index in [0.29, 0.717) is 10.5 Å². The molecule has 0 saturated carbocycles. The van der Waals surface area contributed by atoms with Gasteiger partial charge in [-0.3, -0.25) is 9.80 Å². The highest BCUT2D eigenvalue weighted by Gasteiger charge is 2.19. The zero-order chi connectivity index (χ0) is 14.0. The van der Waals surface area contributed by atoms with Crippen LogP contribution in [0.1, 0.15) is 25.0 Å². The van der Waals surface area contributed by atoms with Crippen molar-refractivity contribution in [3.63, 3.8) is 0 Å². The average Bonchev–Trinajstić information content (AvgIpc) is 2.36. The lowest BCUT2D eigenvalue weighted by molar-refractivity contribution is 0.104. The van der Waals surface area contributed by atoms with E-state index < -0.39 is 0 Å². The Morgan fingerprint density at radius 1 is 1.21 bits per heavy atom. The van der Waals surface area contributed by atoms with Gasteiger partial charge < -0.3 is 0 Å². The maximum absolute atomic E-state index is 13.6. The predicted octanol–water partition coefficient (Wildman–Crippen LogP) is 3.42. The quantitative estimate of drug-likeness (QED) is 0.838. The van der Waals surface area contributed by atoms with Crippen LogP contribution < -0.4 is 0 Å². The first-order valence-corrected chi connectivity index (χ1v) is 7.67. The Morgan fingerprint density at radius 3 is 2.42 bits per heavy atom. The highest BCUT2D eigenvalue weighted by molar-refractivity contribution is 9.10. The molecule has 4 heteroatoms. The second-order valence-corrected chi connectivity index (χ2v) is 6.45. The Morgan fingerprint density at radius 2 is 1.84 bits per heavy atom. The number of nitrogens with zero attached hydrogens (tertiary/aromatic N) is 2. The normalized spacial score (nSPS) is 18.2. The van der Waals surface area contributed by atoms with Crippen LogP contribution in [0, 0.1) is 12.7 Å². The number of piperazine rings is 1. The van der Waals surface area contributed by atoms with Crippen LogP contribution in [0.15, 0.2) is 16.6 Å². The van der Waals surface area contributed by atoms with Crippen LogP contribution in [-0.2, 0) is 6.54 Å². The SMILES string of the molecule is Cc1cc(Br)c(F)cc1CN1CCN(C(C)C)CC1. The Labute approximate surface area is 123 Å². The van der Waals surface area contributed by atoms with Gasteiger partial charge in [0.05, 0.1) is 4.47 Å². The third-order valence-corrected chi connectivity index (χ3v) is 4.52. The van der Waals surface area contributed by atoms with Crippen molar-refractivity contribution in [1.29, 1.82) is 0 Å². The Balaban J connectivity index is 1.98. The molecule has 2 nitrogen and oxygen atoms in total. The summed E-state index contributed by atoms with van der Waals surface area (Å²) in [6.45, 7) is 11.7. The van der Waals surface area contributed by atoms with Crippen molar-refractivity contribution in [2.45, 2.75) is 33.4 Å². The molecule has 1 heterocycles. The topological polar surface area (TPSA) is 6.48 Å². The van der Waals surface area contributed by atoms with Gasteiger partial charge in [0.15, 0.2) is 0 Å². The largest absolute Gasteiger partial charge is 0.298 e. The molecule has 1 aliphatic heterocycles. The number of rotatable bonds is 3. The lowest BCUT2D eigenvalue weighted by Gasteiger charge is -2.37. The zero-order valence-electron chi connectivity index (χ0n) is 11.9. The van der Waals surface area contributed by atoms with E-state index in [1.165, 1.54) is 0 Å². The molecule has 1 aliphatic rings. The lowest BCUT2D eigenvalue weighted by atomic mass is 10.1. The molecule has 0 amide bonds. The molecule has 1 fully saturated rings. The van der Waals surface area contributed by atoms with Gasteiger partial charge in [-0.15, -0.1) is 0 Å². The molecule has 2 rings (SSSR count). The lowest BCUT2D eigenvalue weighted by Crippen LogP contribution is -2.48. The smallest absolute Gasteiger partial charge is 0.137 e. The van der Waals surface area contributed by atoms with Gasteiger partial charge in [0.25, 0.3) is 0 Å². The van der Waals surface area contributed by atoms with Gasteiger partial charge in [0.2, 0.25) is 0 Å². The first-order chi connectivity index (χ1) is 8.97. The first kappa shape index (κ1) is 14.9. The van der Waals surface area contributed by atoms with Crippen LogP contribution in [0.4, 0.5) is 4.39 Å². The summed E-state index contributed by atoms with van der Waals surface area (Å²) in [4.78, 5) is 4.90. The third kappa shape index (κ3) is 3.77. The van der Waals surface area contributed by atoms with Crippen LogP contribution in [0.5, 0.6) is 0 Å². The molecule has 0 unspecified atom stereocenters. The Bertz CT molecular complexity index is 440. The first-order valence-electron chi connectivity index (χ1n) is 6.88. The molecule has 0 radical (unpaired) electrons. The summed E-state index contributed by atoms with van der Waals surface area (Å²) >= 11 is 3.23. The summed E-state index contributed by atoms with van der Waals surface area (Å²) in [6, 6.07) is 4.15. The molecular weight excluding hydrogens is 307 g/mol. The molecule has 1 aromatic carbocycles. The summed E-state index contributed by atoms with van der Waals surface area (Å²) in [7, 11) is 0. The number of hydrogen-bond acceptors (Lipinski definition) is 2. The monoisotopic (exact) mass is 328 g/mol. The average molecular weight is 329 g/mol. The van der Waals surface area contributed by atoms with Crippen molar-refractivity contribution in [3.8, 4) is 0 Å². The second-order valence-electron chi connectivity index (χ2n) is 5.60. The van der Waals surface area contributed by atoms with E-state index in [-0.39, 0.29) is 5.82 Å². The number of benzene rings is 1. The fraction of sp³-hybridized carbons (Fsp3) is 0.600. The van der Waals surface area contributed by atoms with E-state index in [4.69, 9.17) is 0 Å². The van der Waals surface area contributed by atoms with Crippen molar-refractivity contribution in [1.82, 2.24) is 9.80 Å². The van der Waals surface area contributed by atoms with Gasteiger partial charge >= 0.3 is 0 Å². The molecule has 0 aromatic heterocycles. The second kappa shape index (κ2) is 6.33. The van der Waals surface area contributed by atoms with Gasteiger partial charge in [-0.2, -0.15) is 0 Å². The van der Waals surface area contributed by atoms with E-state index >= 15 is 0 Å². The molecule has 0 N–H and O–H groups in total. The van der Waals surface area contributed by atoms with Crippen LogP contribution in [0.25, 0.3) is 0 Å². The molecule has 0 bridgehead atoms. The van der Waals surface area contributed by atoms with Crippen LogP contribution in [0.3, 0.4) is 0 Å². The van der Waals surface area contributed by atoms with E-state index in [1.54, 1.807) is 6.07 Å². The van der Waals surface area contributed by atoms with Crippen LogP contribution >= 0.6 is 15.9 Å². The van der Waals surface area contributed by atoms with Crippen molar-refractivity contribution >= 4 is 15.9 Å². The zero-order valence-corrected chi connectivity index (χ0v) is 13.5. The third-order valence-electron chi connectivity index (χ3n) is 3.91. The summed E-state index contributed by atoms with van der Waals surface area (Å²) in [5.74, 6) is -0.165. The van der Waals surface area contributed by atoms with Crippen LogP contribution in [0.2, 0.25) is 0 Å². The molecule has 1 saturated heterocycles. The molecule has 0 spiro atoms. The maximum atomic E-state index is 13.6. The number of halogens is 2. The van der Waals surface area contributed by atoms with Crippen molar-refractivity contribution < 1.29 is 4.39 Å². The molecule has 1 aromatic rings. The van der Waals surface area contributed by atoms with Gasteiger partial charge in [-0.1, -0.05) is 0 Å². The number of aryl methyl sites for hydroxylation is 1. The summed E-state index contributed by atoms with van der Waals surface area (Å²) in [5.41, 5.74) is 2.25. The minimum absolute atomic E-state index is 0.165. The fourth-order valence-corrected chi connectivity index (χ4v) is 2.99. The summed E-state index contributed by atoms with van der Waals surface area (Å²) in [6.07, 6.45) is 0. The van der Waals surface area contributed by atoms with E-state index in [9.17, 15) is 4.39 Å². The van der Waals surface area contributed by atoms with Gasteiger partial charge in [0, 0.05) is 38.8 Å². The summed E-state index contributed by atoms with van der Waals surface area (Å²) < 4.78 is 14.2. The highest BCUT2D eigenvalue weighted by atomic mass is 79.9. The Hall–Kier alpha value is -0.450. The van der Waals surface area contributed by atoms with E-state index in [2.05, 4.69) is 39.6 Å². The molecule has 0 aliphatic carbocycles. The standard InChI is InChI=1S/C15H22BrFN2/c1-11(2)19-6-4-18(5-7-19)10-13-9-15(17)14(16)8-12(13)3/h8-9,11H,4-7,10H2,1-3H3. The Kier molecular flexibility index (Phi) is 4.98. The van der Waals surface area contributed by atoms with Gasteiger partial charge in [-0.05, 0) is 60.0 Å². The summed E-state index contributed by atoms with van der Waals surface area (Å²) in [5, 5.41) is 0. The molecule has 19 heavy (non-hydrogen) atoms. The van der Waals surface area contributed by atoms with Crippen molar-refractivity contribution in [2.75, 3.05) is 26.2 Å².